The molecule has 0 saturated carbocycles. The highest BCUT2D eigenvalue weighted by Gasteiger charge is 2.16. The molecule has 4 nitrogen and oxygen atoms in total. The average Bonchev–Trinajstić information content (AvgIpc) is 2.64. The summed E-state index contributed by atoms with van der Waals surface area (Å²) in [5, 5.41) is 6.39. The molecule has 1 saturated heterocycles. The molecule has 14 heavy (non-hydrogen) atoms. The lowest BCUT2D eigenvalue weighted by Crippen LogP contribution is -2.15. The molecule has 1 aliphatic heterocycles. The van der Waals surface area contributed by atoms with Crippen LogP contribution >= 0.6 is 15.9 Å². The topological polar surface area (TPSA) is 55.0 Å². The van der Waals surface area contributed by atoms with Crippen molar-refractivity contribution in [1.29, 1.82) is 0 Å². The Kier molecular flexibility index (Phi) is 2.98. The van der Waals surface area contributed by atoms with Crippen molar-refractivity contribution in [3.63, 3.8) is 0 Å². The number of hydrogen-bond acceptors (Lipinski definition) is 3. The highest BCUT2D eigenvalue weighted by molar-refractivity contribution is 9.10. The number of aromatic nitrogens is 2. The number of halogens is 1. The Bertz CT molecular complexity index is 371. The largest absolute Gasteiger partial charge is 0.378 e. The van der Waals surface area contributed by atoms with Gasteiger partial charge in [-0.05, 0) is 34.8 Å². The lowest BCUT2D eigenvalue weighted by molar-refractivity contribution is 0.110. The van der Waals surface area contributed by atoms with E-state index in [1.54, 1.807) is 6.07 Å². The van der Waals surface area contributed by atoms with E-state index < -0.39 is 0 Å². The predicted octanol–water partition coefficient (Wildman–Crippen LogP) is 1.25. The Morgan fingerprint density at radius 3 is 3.21 bits per heavy atom. The zero-order valence-electron chi connectivity index (χ0n) is 7.62. The standard InChI is InChI=1S/C9H11BrN2O2/c10-8-5-6(11-12-9(8)13)4-7-2-1-3-14-7/h5,7H,1-4H2,(H,12,13). The van der Waals surface area contributed by atoms with Crippen molar-refractivity contribution in [3.8, 4) is 0 Å². The first-order chi connectivity index (χ1) is 6.75. The quantitative estimate of drug-likeness (QED) is 0.869. The Morgan fingerprint density at radius 2 is 2.57 bits per heavy atom. The molecule has 2 heterocycles. The van der Waals surface area contributed by atoms with Crippen LogP contribution in [-0.2, 0) is 11.2 Å². The highest BCUT2D eigenvalue weighted by Crippen LogP contribution is 2.16. The number of aromatic amines is 1. The first kappa shape index (κ1) is 9.86. The van der Waals surface area contributed by atoms with Gasteiger partial charge in [0.25, 0.3) is 5.56 Å². The lowest BCUT2D eigenvalue weighted by atomic mass is 10.1. The average molecular weight is 259 g/mol. The van der Waals surface area contributed by atoms with Crippen LogP contribution in [0.15, 0.2) is 15.3 Å². The molecule has 2 rings (SSSR count). The van der Waals surface area contributed by atoms with Gasteiger partial charge in [0.15, 0.2) is 0 Å². The van der Waals surface area contributed by atoms with Gasteiger partial charge >= 0.3 is 0 Å². The van der Waals surface area contributed by atoms with Crippen LogP contribution in [0, 0.1) is 0 Å². The van der Waals surface area contributed by atoms with Crippen molar-refractivity contribution in [2.24, 2.45) is 0 Å². The van der Waals surface area contributed by atoms with E-state index in [2.05, 4.69) is 26.1 Å². The number of H-pyrrole nitrogens is 1. The Hall–Kier alpha value is -0.680. The zero-order valence-corrected chi connectivity index (χ0v) is 9.21. The van der Waals surface area contributed by atoms with Crippen LogP contribution in [-0.4, -0.2) is 22.9 Å². The summed E-state index contributed by atoms with van der Waals surface area (Å²) in [6, 6.07) is 1.75. The Balaban J connectivity index is 2.09. The molecule has 1 unspecified atom stereocenters. The van der Waals surface area contributed by atoms with Gasteiger partial charge in [0.2, 0.25) is 0 Å². The van der Waals surface area contributed by atoms with Gasteiger partial charge in [-0.1, -0.05) is 0 Å². The summed E-state index contributed by atoms with van der Waals surface area (Å²) in [4.78, 5) is 11.0. The molecule has 5 heteroatoms. The molecule has 1 aliphatic rings. The monoisotopic (exact) mass is 258 g/mol. The fraction of sp³-hybridized carbons (Fsp3) is 0.556. The third kappa shape index (κ3) is 2.22. The summed E-state index contributed by atoms with van der Waals surface area (Å²) in [7, 11) is 0. The van der Waals surface area contributed by atoms with E-state index in [-0.39, 0.29) is 11.7 Å². The molecule has 0 bridgehead atoms. The predicted molar refractivity (Wildman–Crippen MR) is 55.2 cm³/mol. The van der Waals surface area contributed by atoms with Crippen molar-refractivity contribution in [1.82, 2.24) is 10.2 Å². The Labute approximate surface area is 89.8 Å². The molecule has 1 atom stereocenters. The van der Waals surface area contributed by atoms with Gasteiger partial charge in [-0.15, -0.1) is 0 Å². The molecule has 1 fully saturated rings. The highest BCUT2D eigenvalue weighted by atomic mass is 79.9. The molecule has 1 aromatic heterocycles. The first-order valence-electron chi connectivity index (χ1n) is 4.61. The van der Waals surface area contributed by atoms with Gasteiger partial charge in [0, 0.05) is 13.0 Å². The molecule has 0 aliphatic carbocycles. The van der Waals surface area contributed by atoms with Gasteiger partial charge in [-0.3, -0.25) is 4.79 Å². The normalized spacial score (nSPS) is 21.4. The first-order valence-corrected chi connectivity index (χ1v) is 5.41. The van der Waals surface area contributed by atoms with Crippen molar-refractivity contribution in [2.45, 2.75) is 25.4 Å². The minimum atomic E-state index is -0.193. The Morgan fingerprint density at radius 1 is 1.71 bits per heavy atom. The smallest absolute Gasteiger partial charge is 0.278 e. The van der Waals surface area contributed by atoms with E-state index in [4.69, 9.17) is 4.74 Å². The van der Waals surface area contributed by atoms with Gasteiger partial charge in [0.1, 0.15) is 0 Å². The third-order valence-electron chi connectivity index (χ3n) is 2.27. The lowest BCUT2D eigenvalue weighted by Gasteiger charge is -2.07. The maximum atomic E-state index is 11.0. The molecule has 76 valence electrons. The number of nitrogens with zero attached hydrogens (tertiary/aromatic N) is 1. The van der Waals surface area contributed by atoms with E-state index in [9.17, 15) is 4.79 Å². The van der Waals surface area contributed by atoms with Crippen LogP contribution < -0.4 is 5.56 Å². The van der Waals surface area contributed by atoms with Crippen molar-refractivity contribution in [3.05, 3.63) is 26.6 Å². The van der Waals surface area contributed by atoms with Gasteiger partial charge in [0.05, 0.1) is 16.3 Å². The van der Waals surface area contributed by atoms with Crippen LogP contribution in [0.4, 0.5) is 0 Å². The van der Waals surface area contributed by atoms with Gasteiger partial charge < -0.3 is 4.74 Å². The summed E-state index contributed by atoms with van der Waals surface area (Å²) in [5.41, 5.74) is 0.671. The second-order valence-electron chi connectivity index (χ2n) is 3.38. The van der Waals surface area contributed by atoms with E-state index in [0.717, 1.165) is 31.6 Å². The molecule has 0 amide bonds. The second-order valence-corrected chi connectivity index (χ2v) is 4.23. The van der Waals surface area contributed by atoms with Crippen molar-refractivity contribution >= 4 is 15.9 Å². The number of nitrogens with one attached hydrogen (secondary N) is 1. The summed E-state index contributed by atoms with van der Waals surface area (Å²) in [6.45, 7) is 0.842. The van der Waals surface area contributed by atoms with E-state index in [1.165, 1.54) is 0 Å². The van der Waals surface area contributed by atoms with Crippen LogP contribution in [0.25, 0.3) is 0 Å². The summed E-state index contributed by atoms with van der Waals surface area (Å²) in [6.07, 6.45) is 3.24. The van der Waals surface area contributed by atoms with E-state index in [0.29, 0.717) is 4.47 Å². The maximum Gasteiger partial charge on any atom is 0.278 e. The SMILES string of the molecule is O=c1[nH]nc(CC2CCCO2)cc1Br. The summed E-state index contributed by atoms with van der Waals surface area (Å²) >= 11 is 3.17. The fourth-order valence-corrected chi connectivity index (χ4v) is 1.92. The molecule has 1 aromatic rings. The van der Waals surface area contributed by atoms with Crippen LogP contribution in [0.5, 0.6) is 0 Å². The number of ether oxygens (including phenoxy) is 1. The van der Waals surface area contributed by atoms with Crippen molar-refractivity contribution < 1.29 is 4.74 Å². The van der Waals surface area contributed by atoms with Crippen molar-refractivity contribution in [2.75, 3.05) is 6.61 Å². The van der Waals surface area contributed by atoms with E-state index >= 15 is 0 Å². The number of rotatable bonds is 2. The molecule has 0 aromatic carbocycles. The minimum absolute atomic E-state index is 0.193. The van der Waals surface area contributed by atoms with Crippen LogP contribution in [0.1, 0.15) is 18.5 Å². The molecular weight excluding hydrogens is 248 g/mol. The number of hydrogen-bond donors (Lipinski definition) is 1. The van der Waals surface area contributed by atoms with Crippen LogP contribution in [0.2, 0.25) is 0 Å². The van der Waals surface area contributed by atoms with Gasteiger partial charge in [-0.2, -0.15) is 5.10 Å². The second kappa shape index (κ2) is 4.23. The molecular formula is C9H11BrN2O2. The van der Waals surface area contributed by atoms with Crippen LogP contribution in [0.3, 0.4) is 0 Å². The summed E-state index contributed by atoms with van der Waals surface area (Å²) in [5.74, 6) is 0. The molecule has 0 spiro atoms. The molecule has 1 N–H and O–H groups in total. The molecule has 0 radical (unpaired) electrons. The van der Waals surface area contributed by atoms with Gasteiger partial charge in [-0.25, -0.2) is 5.10 Å². The fourth-order valence-electron chi connectivity index (χ4n) is 1.56. The minimum Gasteiger partial charge on any atom is -0.378 e. The van der Waals surface area contributed by atoms with E-state index in [1.807, 2.05) is 0 Å². The zero-order chi connectivity index (χ0) is 9.97. The maximum absolute atomic E-state index is 11.0. The summed E-state index contributed by atoms with van der Waals surface area (Å²) < 4.78 is 6.01. The third-order valence-corrected chi connectivity index (χ3v) is 2.86.